The second kappa shape index (κ2) is 11.6. The number of anilines is 2. The van der Waals surface area contributed by atoms with Gasteiger partial charge in [0.25, 0.3) is 5.56 Å². The van der Waals surface area contributed by atoms with E-state index in [0.29, 0.717) is 44.8 Å². The van der Waals surface area contributed by atoms with Crippen LogP contribution in [0.1, 0.15) is 34.7 Å². The summed E-state index contributed by atoms with van der Waals surface area (Å²) in [5.74, 6) is 0.771. The number of hydrogen-bond acceptors (Lipinski definition) is 8. The van der Waals surface area contributed by atoms with Crippen molar-refractivity contribution in [1.29, 1.82) is 5.26 Å². The number of H-pyrrole nitrogens is 1. The first-order chi connectivity index (χ1) is 19.7. The van der Waals surface area contributed by atoms with Crippen LogP contribution in [-0.2, 0) is 17.5 Å². The molecule has 0 radical (unpaired) electrons. The van der Waals surface area contributed by atoms with Crippen molar-refractivity contribution >= 4 is 17.4 Å². The number of halogens is 3. The molecule has 41 heavy (non-hydrogen) atoms. The van der Waals surface area contributed by atoms with Crippen LogP contribution in [0.2, 0.25) is 0 Å². The van der Waals surface area contributed by atoms with Crippen molar-refractivity contribution in [2.75, 3.05) is 56.1 Å². The average Bonchev–Trinajstić information content (AvgIpc) is 3.33. The second-order valence-electron chi connectivity index (χ2n) is 10.2. The molecule has 2 aliphatic rings. The fourth-order valence-electron chi connectivity index (χ4n) is 5.45. The first-order valence-electron chi connectivity index (χ1n) is 13.2. The summed E-state index contributed by atoms with van der Waals surface area (Å²) in [6.07, 6.45) is -1.99. The van der Waals surface area contributed by atoms with Gasteiger partial charge in [-0.15, -0.1) is 0 Å². The molecule has 1 amide bonds. The number of carbonyl (C=O) groups is 1. The first kappa shape index (κ1) is 28.1. The van der Waals surface area contributed by atoms with Gasteiger partial charge in [-0.2, -0.15) is 23.5 Å². The van der Waals surface area contributed by atoms with Crippen LogP contribution >= 0.6 is 0 Å². The zero-order chi connectivity index (χ0) is 29.1. The number of rotatable bonds is 7. The molecule has 1 fully saturated rings. The lowest BCUT2D eigenvalue weighted by Crippen LogP contribution is -2.49. The van der Waals surface area contributed by atoms with Crippen molar-refractivity contribution in [3.8, 4) is 6.07 Å². The second-order valence-corrected chi connectivity index (χ2v) is 10.2. The molecule has 0 saturated carbocycles. The van der Waals surface area contributed by atoms with Gasteiger partial charge < -0.3 is 19.6 Å². The van der Waals surface area contributed by atoms with Gasteiger partial charge >= 0.3 is 6.18 Å². The number of carbonyl (C=O) groups excluding carboxylic acids is 1. The Morgan fingerprint density at radius 1 is 1.15 bits per heavy atom. The topological polar surface area (TPSA) is 112 Å². The van der Waals surface area contributed by atoms with Crippen molar-refractivity contribution in [3.05, 3.63) is 81.4 Å². The molecule has 2 aliphatic heterocycles. The number of fused-ring (bicyclic) bond motifs is 1. The van der Waals surface area contributed by atoms with E-state index in [1.165, 1.54) is 6.20 Å². The van der Waals surface area contributed by atoms with E-state index in [2.05, 4.69) is 15.0 Å². The third-order valence-electron chi connectivity index (χ3n) is 7.59. The van der Waals surface area contributed by atoms with Crippen molar-refractivity contribution in [1.82, 2.24) is 25.0 Å². The van der Waals surface area contributed by atoms with Gasteiger partial charge in [0.15, 0.2) is 0 Å². The van der Waals surface area contributed by atoms with E-state index in [1.807, 2.05) is 52.3 Å². The summed E-state index contributed by atoms with van der Waals surface area (Å²) in [5, 5.41) is 14.5. The van der Waals surface area contributed by atoms with E-state index in [4.69, 9.17) is 5.26 Å². The van der Waals surface area contributed by atoms with Crippen molar-refractivity contribution in [2.45, 2.75) is 25.2 Å². The molecule has 3 aromatic rings. The third-order valence-corrected chi connectivity index (χ3v) is 7.59. The van der Waals surface area contributed by atoms with Gasteiger partial charge in [-0.25, -0.2) is 10.1 Å². The molecule has 4 heterocycles. The number of pyridine rings is 1. The Balaban J connectivity index is 1.22. The standard InChI is InChI=1S/C28H29F3N8O2/c1-36(9-8-25(40)38-12-10-37(11-13-38)24-7-6-19(14-32)15-33-24)18-23-21-5-3-2-4-20(21)17-39(23)22-16-34-35-27(41)26(22)28(29,30)31/h2-7,15-16,23H,8-13,17-18H2,1H3,(H,35,41). The maximum Gasteiger partial charge on any atom is 0.423 e. The van der Waals surface area contributed by atoms with Gasteiger partial charge in [-0.05, 0) is 30.3 Å². The molecule has 1 unspecified atom stereocenters. The molecule has 1 N–H and O–H groups in total. The zero-order valence-electron chi connectivity index (χ0n) is 22.4. The Morgan fingerprint density at radius 3 is 2.59 bits per heavy atom. The van der Waals surface area contributed by atoms with Crippen LogP contribution in [0.3, 0.4) is 0 Å². The first-order valence-corrected chi connectivity index (χ1v) is 13.2. The minimum absolute atomic E-state index is 0.00566. The van der Waals surface area contributed by atoms with Crippen LogP contribution in [-0.4, -0.2) is 77.2 Å². The Kier molecular flexibility index (Phi) is 7.94. The molecule has 2 aromatic heterocycles. The van der Waals surface area contributed by atoms with Gasteiger partial charge in [0.1, 0.15) is 17.5 Å². The molecule has 13 heteroatoms. The van der Waals surface area contributed by atoms with Crippen LogP contribution in [0.15, 0.2) is 53.6 Å². The van der Waals surface area contributed by atoms with Gasteiger partial charge in [-0.1, -0.05) is 24.3 Å². The number of nitriles is 1. The van der Waals surface area contributed by atoms with E-state index in [0.717, 1.165) is 23.1 Å². The van der Waals surface area contributed by atoms with E-state index >= 15 is 0 Å². The summed E-state index contributed by atoms with van der Waals surface area (Å²) < 4.78 is 41.6. The van der Waals surface area contributed by atoms with Crippen LogP contribution in [0.5, 0.6) is 0 Å². The SMILES string of the molecule is CN(CCC(=O)N1CCN(c2ccc(C#N)cn2)CC1)CC1c2ccccc2CN1c1cn[nH]c(=O)c1C(F)(F)F. The number of aromatic amines is 1. The summed E-state index contributed by atoms with van der Waals surface area (Å²) in [5.41, 5.74) is -0.554. The molecule has 10 nitrogen and oxygen atoms in total. The van der Waals surface area contributed by atoms with E-state index in [1.54, 1.807) is 17.0 Å². The third kappa shape index (κ3) is 6.02. The van der Waals surface area contributed by atoms with Crippen LogP contribution in [0.25, 0.3) is 0 Å². The van der Waals surface area contributed by atoms with Crippen molar-refractivity contribution in [3.63, 3.8) is 0 Å². The highest BCUT2D eigenvalue weighted by Crippen LogP contribution is 2.42. The maximum atomic E-state index is 13.9. The highest BCUT2D eigenvalue weighted by atomic mass is 19.4. The molecule has 0 spiro atoms. The minimum atomic E-state index is -4.84. The monoisotopic (exact) mass is 566 g/mol. The predicted octanol–water partition coefficient (Wildman–Crippen LogP) is 2.79. The maximum absolute atomic E-state index is 13.9. The largest absolute Gasteiger partial charge is 0.423 e. The number of nitrogens with one attached hydrogen (secondary N) is 1. The minimum Gasteiger partial charge on any atom is -0.357 e. The highest BCUT2D eigenvalue weighted by Gasteiger charge is 2.42. The lowest BCUT2D eigenvalue weighted by Gasteiger charge is -2.36. The lowest BCUT2D eigenvalue weighted by molar-refractivity contribution is -0.138. The Labute approximate surface area is 234 Å². The quantitative estimate of drug-likeness (QED) is 0.465. The molecule has 214 valence electrons. The molecule has 1 atom stereocenters. The Hall–Kier alpha value is -4.44. The van der Waals surface area contributed by atoms with Gasteiger partial charge in [0.05, 0.1) is 23.5 Å². The summed E-state index contributed by atoms with van der Waals surface area (Å²) in [7, 11) is 1.83. The van der Waals surface area contributed by atoms with E-state index in [9.17, 15) is 22.8 Å². The fraction of sp³-hybridized carbons (Fsp3) is 0.393. The Bertz CT molecular complexity index is 1490. The predicted molar refractivity (Wildman–Crippen MR) is 145 cm³/mol. The summed E-state index contributed by atoms with van der Waals surface area (Å²) in [6.45, 7) is 3.32. The van der Waals surface area contributed by atoms with Gasteiger partial charge in [0, 0.05) is 58.4 Å². The number of alkyl halides is 3. The summed E-state index contributed by atoms with van der Waals surface area (Å²) >= 11 is 0. The number of nitrogens with zero attached hydrogens (tertiary/aromatic N) is 7. The number of aromatic nitrogens is 3. The highest BCUT2D eigenvalue weighted by molar-refractivity contribution is 5.76. The molecular formula is C28H29F3N8O2. The molecule has 0 bridgehead atoms. The van der Waals surface area contributed by atoms with Gasteiger partial charge in [0.2, 0.25) is 5.91 Å². The molecule has 1 saturated heterocycles. The summed E-state index contributed by atoms with van der Waals surface area (Å²) in [6, 6.07) is 12.5. The lowest BCUT2D eigenvalue weighted by atomic mass is 10.0. The zero-order valence-corrected chi connectivity index (χ0v) is 22.4. The van der Waals surface area contributed by atoms with E-state index < -0.39 is 23.3 Å². The molecular weight excluding hydrogens is 537 g/mol. The number of amides is 1. The number of hydrogen-bond donors (Lipinski definition) is 1. The number of likely N-dealkylation sites (N-methyl/N-ethyl adjacent to an activating group) is 1. The van der Waals surface area contributed by atoms with Crippen LogP contribution in [0, 0.1) is 11.3 Å². The molecule has 1 aromatic carbocycles. The smallest absolute Gasteiger partial charge is 0.357 e. The molecule has 0 aliphatic carbocycles. The summed E-state index contributed by atoms with van der Waals surface area (Å²) in [4.78, 5) is 36.9. The van der Waals surface area contributed by atoms with Crippen LogP contribution in [0.4, 0.5) is 24.7 Å². The number of benzene rings is 1. The fourth-order valence-corrected chi connectivity index (χ4v) is 5.45. The normalized spacial score (nSPS) is 17.1. The molecule has 5 rings (SSSR count). The van der Waals surface area contributed by atoms with E-state index in [-0.39, 0.29) is 24.6 Å². The number of piperazine rings is 1. The average molecular weight is 567 g/mol. The Morgan fingerprint density at radius 2 is 1.90 bits per heavy atom. The van der Waals surface area contributed by atoms with Crippen molar-refractivity contribution in [2.24, 2.45) is 0 Å². The van der Waals surface area contributed by atoms with Gasteiger partial charge in [-0.3, -0.25) is 9.59 Å². The van der Waals surface area contributed by atoms with Crippen molar-refractivity contribution < 1.29 is 18.0 Å². The van der Waals surface area contributed by atoms with Crippen LogP contribution < -0.4 is 15.4 Å².